The Labute approximate surface area is 168 Å². The Balaban J connectivity index is 1.47. The predicted molar refractivity (Wildman–Crippen MR) is 111 cm³/mol. The molecule has 0 atom stereocenters. The molecule has 2 amide bonds. The highest BCUT2D eigenvalue weighted by Crippen LogP contribution is 2.23. The van der Waals surface area contributed by atoms with E-state index in [1.165, 1.54) is 11.3 Å². The summed E-state index contributed by atoms with van der Waals surface area (Å²) in [5.74, 6) is 0.261. The summed E-state index contributed by atoms with van der Waals surface area (Å²) in [6, 6.07) is 8.52. The highest BCUT2D eigenvalue weighted by molar-refractivity contribution is 5.79. The highest BCUT2D eigenvalue weighted by atomic mass is 16.6. The van der Waals surface area contributed by atoms with Gasteiger partial charge in [0.25, 0.3) is 0 Å². The van der Waals surface area contributed by atoms with Gasteiger partial charge in [0.1, 0.15) is 5.60 Å². The molecular formula is C22H33N3O3. The molecule has 6 nitrogen and oxygen atoms in total. The van der Waals surface area contributed by atoms with E-state index in [1.807, 2.05) is 25.7 Å². The number of likely N-dealkylation sites (tertiary alicyclic amines) is 1. The van der Waals surface area contributed by atoms with Gasteiger partial charge in [-0.15, -0.1) is 0 Å². The molecule has 0 bridgehead atoms. The first kappa shape index (κ1) is 20.5. The minimum atomic E-state index is -0.485. The summed E-state index contributed by atoms with van der Waals surface area (Å²) in [5, 5.41) is 0. The average Bonchev–Trinajstić information content (AvgIpc) is 2.66. The smallest absolute Gasteiger partial charge is 0.410 e. The fourth-order valence-corrected chi connectivity index (χ4v) is 3.90. The summed E-state index contributed by atoms with van der Waals surface area (Å²) in [5.41, 5.74) is 2.01. The Morgan fingerprint density at radius 3 is 2.18 bits per heavy atom. The Hall–Kier alpha value is -2.24. The van der Waals surface area contributed by atoms with Crippen LogP contribution in [0.2, 0.25) is 0 Å². The lowest BCUT2D eigenvalue weighted by Crippen LogP contribution is -2.52. The van der Waals surface area contributed by atoms with Gasteiger partial charge >= 0.3 is 6.09 Å². The van der Waals surface area contributed by atoms with Crippen LogP contribution in [0.3, 0.4) is 0 Å². The lowest BCUT2D eigenvalue weighted by atomic mass is 9.95. The van der Waals surface area contributed by atoms with Gasteiger partial charge in [0.05, 0.1) is 0 Å². The van der Waals surface area contributed by atoms with Crippen molar-refractivity contribution in [1.29, 1.82) is 0 Å². The molecule has 3 rings (SSSR count). The van der Waals surface area contributed by atoms with Crippen molar-refractivity contribution in [1.82, 2.24) is 9.80 Å². The standard InChI is InChI=1S/C22H33N3O3/c1-17-6-5-7-19(16-17)23-12-14-24(15-13-23)20(26)18-8-10-25(11-9-18)21(27)28-22(2,3)4/h5-7,16,18H,8-15H2,1-4H3. The van der Waals surface area contributed by atoms with Gasteiger partial charge in [-0.25, -0.2) is 4.79 Å². The highest BCUT2D eigenvalue weighted by Gasteiger charge is 2.33. The molecule has 0 spiro atoms. The number of rotatable bonds is 2. The van der Waals surface area contributed by atoms with Gasteiger partial charge in [0.2, 0.25) is 5.91 Å². The summed E-state index contributed by atoms with van der Waals surface area (Å²) in [4.78, 5) is 31.2. The quantitative estimate of drug-likeness (QED) is 0.781. The fourth-order valence-electron chi connectivity index (χ4n) is 3.90. The minimum absolute atomic E-state index is 0.0178. The van der Waals surface area contributed by atoms with Crippen LogP contribution in [-0.2, 0) is 9.53 Å². The topological polar surface area (TPSA) is 53.1 Å². The van der Waals surface area contributed by atoms with E-state index in [9.17, 15) is 9.59 Å². The zero-order valence-corrected chi connectivity index (χ0v) is 17.6. The van der Waals surface area contributed by atoms with Crippen LogP contribution in [0.4, 0.5) is 10.5 Å². The third kappa shape index (κ3) is 5.18. The third-order valence-electron chi connectivity index (χ3n) is 5.45. The van der Waals surface area contributed by atoms with Crippen molar-refractivity contribution in [3.05, 3.63) is 29.8 Å². The Bertz CT molecular complexity index is 697. The summed E-state index contributed by atoms with van der Waals surface area (Å²) in [7, 11) is 0. The lowest BCUT2D eigenvalue weighted by Gasteiger charge is -2.39. The number of hydrogen-bond donors (Lipinski definition) is 0. The summed E-state index contributed by atoms with van der Waals surface area (Å²) in [6.07, 6.45) is 1.16. The number of carbonyl (C=O) groups is 2. The molecule has 2 aliphatic heterocycles. The van der Waals surface area contributed by atoms with Crippen LogP contribution >= 0.6 is 0 Å². The van der Waals surface area contributed by atoms with E-state index < -0.39 is 5.60 Å². The van der Waals surface area contributed by atoms with E-state index >= 15 is 0 Å². The monoisotopic (exact) mass is 387 g/mol. The van der Waals surface area contributed by atoms with Crippen LogP contribution in [0.1, 0.15) is 39.2 Å². The number of aryl methyl sites for hydroxylation is 1. The van der Waals surface area contributed by atoms with E-state index in [4.69, 9.17) is 4.74 Å². The van der Waals surface area contributed by atoms with Crippen LogP contribution < -0.4 is 4.90 Å². The first-order valence-corrected chi connectivity index (χ1v) is 10.3. The molecule has 2 heterocycles. The van der Waals surface area contributed by atoms with Crippen molar-refractivity contribution in [2.75, 3.05) is 44.2 Å². The molecule has 28 heavy (non-hydrogen) atoms. The third-order valence-corrected chi connectivity index (χ3v) is 5.45. The van der Waals surface area contributed by atoms with Crippen LogP contribution in [-0.4, -0.2) is 66.7 Å². The summed E-state index contributed by atoms with van der Waals surface area (Å²) in [6.45, 7) is 12.2. The lowest BCUT2D eigenvalue weighted by molar-refractivity contribution is -0.137. The van der Waals surface area contributed by atoms with E-state index in [-0.39, 0.29) is 17.9 Å². The molecule has 2 fully saturated rings. The molecule has 2 aliphatic rings. The van der Waals surface area contributed by atoms with Gasteiger partial charge in [0.15, 0.2) is 0 Å². The van der Waals surface area contributed by atoms with E-state index in [0.717, 1.165) is 39.0 Å². The first-order chi connectivity index (χ1) is 13.2. The second-order valence-corrected chi connectivity index (χ2v) is 8.89. The maximum Gasteiger partial charge on any atom is 0.410 e. The van der Waals surface area contributed by atoms with Crippen LogP contribution in [0.25, 0.3) is 0 Å². The number of piperazine rings is 1. The fraction of sp³-hybridized carbons (Fsp3) is 0.636. The second kappa shape index (κ2) is 8.41. The predicted octanol–water partition coefficient (Wildman–Crippen LogP) is 3.29. The van der Waals surface area contributed by atoms with Crippen molar-refractivity contribution in [2.45, 2.75) is 46.1 Å². The van der Waals surface area contributed by atoms with Gasteiger partial charge in [-0.1, -0.05) is 12.1 Å². The molecule has 2 saturated heterocycles. The summed E-state index contributed by atoms with van der Waals surface area (Å²) >= 11 is 0. The zero-order valence-electron chi connectivity index (χ0n) is 17.6. The van der Waals surface area contributed by atoms with Gasteiger partial charge in [-0.2, -0.15) is 0 Å². The van der Waals surface area contributed by atoms with Crippen LogP contribution in [0.5, 0.6) is 0 Å². The molecule has 1 aromatic rings. The second-order valence-electron chi connectivity index (χ2n) is 8.89. The van der Waals surface area contributed by atoms with Gasteiger partial charge < -0.3 is 19.4 Å². The Morgan fingerprint density at radius 2 is 1.61 bits per heavy atom. The molecule has 0 aliphatic carbocycles. The average molecular weight is 388 g/mol. The van der Waals surface area contributed by atoms with Crippen LogP contribution in [0.15, 0.2) is 24.3 Å². The number of benzene rings is 1. The van der Waals surface area contributed by atoms with Gasteiger partial charge in [-0.3, -0.25) is 4.79 Å². The number of nitrogens with zero attached hydrogens (tertiary/aromatic N) is 3. The van der Waals surface area contributed by atoms with E-state index in [2.05, 4.69) is 36.1 Å². The molecule has 0 N–H and O–H groups in total. The minimum Gasteiger partial charge on any atom is -0.444 e. The number of piperidine rings is 1. The molecule has 0 saturated carbocycles. The van der Waals surface area contributed by atoms with Crippen molar-refractivity contribution in [2.24, 2.45) is 5.92 Å². The normalized spacial score (nSPS) is 18.9. The van der Waals surface area contributed by atoms with E-state index in [1.54, 1.807) is 4.90 Å². The van der Waals surface area contributed by atoms with E-state index in [0.29, 0.717) is 13.1 Å². The number of carbonyl (C=O) groups excluding carboxylic acids is 2. The molecule has 6 heteroatoms. The summed E-state index contributed by atoms with van der Waals surface area (Å²) < 4.78 is 5.44. The van der Waals surface area contributed by atoms with Crippen molar-refractivity contribution in [3.8, 4) is 0 Å². The molecule has 1 aromatic carbocycles. The number of ether oxygens (including phenoxy) is 1. The maximum absolute atomic E-state index is 12.9. The Morgan fingerprint density at radius 1 is 0.964 bits per heavy atom. The zero-order chi connectivity index (χ0) is 20.3. The number of hydrogen-bond acceptors (Lipinski definition) is 4. The number of anilines is 1. The van der Waals surface area contributed by atoms with Crippen molar-refractivity contribution in [3.63, 3.8) is 0 Å². The molecule has 154 valence electrons. The SMILES string of the molecule is Cc1cccc(N2CCN(C(=O)C3CCN(C(=O)OC(C)(C)C)CC3)CC2)c1. The largest absolute Gasteiger partial charge is 0.444 e. The van der Waals surface area contributed by atoms with Crippen molar-refractivity contribution >= 4 is 17.7 Å². The van der Waals surface area contributed by atoms with Crippen LogP contribution in [0, 0.1) is 12.8 Å². The first-order valence-electron chi connectivity index (χ1n) is 10.3. The molecule has 0 aromatic heterocycles. The Kier molecular flexibility index (Phi) is 6.16. The van der Waals surface area contributed by atoms with Gasteiger partial charge in [-0.05, 0) is 58.2 Å². The molecular weight excluding hydrogens is 354 g/mol. The van der Waals surface area contributed by atoms with Crippen molar-refractivity contribution < 1.29 is 14.3 Å². The molecule has 0 unspecified atom stereocenters. The number of amides is 2. The van der Waals surface area contributed by atoms with Gasteiger partial charge in [0, 0.05) is 50.9 Å². The molecule has 0 radical (unpaired) electrons. The maximum atomic E-state index is 12.9.